The van der Waals surface area contributed by atoms with Gasteiger partial charge in [0.1, 0.15) is 5.75 Å². The van der Waals surface area contributed by atoms with Gasteiger partial charge in [-0.25, -0.2) is 9.78 Å². The molecule has 4 nitrogen and oxygen atoms in total. The number of hydrogen-bond acceptors (Lipinski definition) is 4. The Morgan fingerprint density at radius 3 is 2.71 bits per heavy atom. The Labute approximate surface area is 103 Å². The summed E-state index contributed by atoms with van der Waals surface area (Å²) < 4.78 is 5.58. The second kappa shape index (κ2) is 4.55. The first-order chi connectivity index (χ1) is 8.06. The number of aromatic carboxylic acids is 1. The number of carbonyl (C=O) groups is 1. The van der Waals surface area contributed by atoms with E-state index in [9.17, 15) is 4.79 Å². The SMILES string of the molecule is Cc1csc(Oc2ccc(C(=O)O)cc2C)n1. The number of nitrogens with zero attached hydrogens (tertiary/aromatic N) is 1. The molecular formula is C12H11NO3S. The minimum absolute atomic E-state index is 0.255. The van der Waals surface area contributed by atoms with Crippen LogP contribution in [-0.2, 0) is 0 Å². The lowest BCUT2D eigenvalue weighted by molar-refractivity contribution is 0.0697. The smallest absolute Gasteiger partial charge is 0.335 e. The summed E-state index contributed by atoms with van der Waals surface area (Å²) >= 11 is 1.41. The van der Waals surface area contributed by atoms with Crippen molar-refractivity contribution in [1.29, 1.82) is 0 Å². The van der Waals surface area contributed by atoms with Crippen LogP contribution in [0.1, 0.15) is 21.6 Å². The molecule has 2 aromatic rings. The van der Waals surface area contributed by atoms with E-state index >= 15 is 0 Å². The van der Waals surface area contributed by atoms with Gasteiger partial charge >= 0.3 is 5.97 Å². The van der Waals surface area contributed by atoms with Gasteiger partial charge in [-0.1, -0.05) is 11.3 Å². The molecule has 0 aliphatic heterocycles. The number of carboxylic acids is 1. The number of benzene rings is 1. The predicted molar refractivity (Wildman–Crippen MR) is 65.1 cm³/mol. The second-order valence-electron chi connectivity index (χ2n) is 3.64. The van der Waals surface area contributed by atoms with Crippen LogP contribution in [0, 0.1) is 13.8 Å². The monoisotopic (exact) mass is 249 g/mol. The van der Waals surface area contributed by atoms with Crippen LogP contribution in [0.15, 0.2) is 23.6 Å². The molecule has 5 heteroatoms. The zero-order valence-corrected chi connectivity index (χ0v) is 10.2. The molecule has 0 aliphatic rings. The van der Waals surface area contributed by atoms with Crippen molar-refractivity contribution >= 4 is 17.3 Å². The molecule has 0 unspecified atom stereocenters. The number of rotatable bonds is 3. The van der Waals surface area contributed by atoms with E-state index in [2.05, 4.69) is 4.98 Å². The third kappa shape index (κ3) is 2.62. The first-order valence-corrected chi connectivity index (χ1v) is 5.88. The number of aryl methyl sites for hydroxylation is 2. The number of hydrogen-bond donors (Lipinski definition) is 1. The Kier molecular flexibility index (Phi) is 3.10. The summed E-state index contributed by atoms with van der Waals surface area (Å²) in [6.45, 7) is 3.70. The van der Waals surface area contributed by atoms with E-state index in [0.29, 0.717) is 10.9 Å². The van der Waals surface area contributed by atoms with E-state index in [1.165, 1.54) is 17.4 Å². The average Bonchev–Trinajstić information content (AvgIpc) is 2.67. The highest BCUT2D eigenvalue weighted by Crippen LogP contribution is 2.28. The predicted octanol–water partition coefficient (Wildman–Crippen LogP) is 3.25. The van der Waals surface area contributed by atoms with Gasteiger partial charge in [0.15, 0.2) is 0 Å². The first kappa shape index (κ1) is 11.6. The van der Waals surface area contributed by atoms with E-state index in [1.807, 2.05) is 19.2 Å². The van der Waals surface area contributed by atoms with Crippen molar-refractivity contribution in [2.24, 2.45) is 0 Å². The lowest BCUT2D eigenvalue weighted by atomic mass is 10.1. The minimum Gasteiger partial charge on any atom is -0.478 e. The molecule has 0 amide bonds. The molecule has 0 spiro atoms. The molecule has 0 aliphatic carbocycles. The number of aromatic nitrogens is 1. The zero-order valence-electron chi connectivity index (χ0n) is 9.43. The molecule has 88 valence electrons. The van der Waals surface area contributed by atoms with Gasteiger partial charge in [-0.05, 0) is 37.6 Å². The summed E-state index contributed by atoms with van der Waals surface area (Å²) in [6.07, 6.45) is 0. The van der Waals surface area contributed by atoms with Crippen molar-refractivity contribution in [3.05, 3.63) is 40.4 Å². The Hall–Kier alpha value is -1.88. The lowest BCUT2D eigenvalue weighted by Crippen LogP contribution is -1.97. The molecule has 2 rings (SSSR count). The van der Waals surface area contributed by atoms with Gasteiger partial charge in [0, 0.05) is 5.38 Å². The highest BCUT2D eigenvalue weighted by atomic mass is 32.1. The second-order valence-corrected chi connectivity index (χ2v) is 4.46. The fourth-order valence-corrected chi connectivity index (χ4v) is 2.03. The van der Waals surface area contributed by atoms with Crippen LogP contribution in [0.25, 0.3) is 0 Å². The molecular weight excluding hydrogens is 238 g/mol. The van der Waals surface area contributed by atoms with E-state index in [0.717, 1.165) is 11.3 Å². The number of carboxylic acid groups (broad SMARTS) is 1. The van der Waals surface area contributed by atoms with Gasteiger partial charge < -0.3 is 9.84 Å². The van der Waals surface area contributed by atoms with Gasteiger partial charge in [-0.2, -0.15) is 0 Å². The third-order valence-electron chi connectivity index (χ3n) is 2.22. The van der Waals surface area contributed by atoms with Gasteiger partial charge in [-0.3, -0.25) is 0 Å². The first-order valence-electron chi connectivity index (χ1n) is 5.00. The van der Waals surface area contributed by atoms with Crippen LogP contribution in [0.5, 0.6) is 10.9 Å². The molecule has 0 saturated carbocycles. The van der Waals surface area contributed by atoms with E-state index in [-0.39, 0.29) is 5.56 Å². The van der Waals surface area contributed by atoms with Crippen molar-refractivity contribution in [2.45, 2.75) is 13.8 Å². The van der Waals surface area contributed by atoms with Crippen molar-refractivity contribution < 1.29 is 14.6 Å². The largest absolute Gasteiger partial charge is 0.478 e. The Bertz CT molecular complexity index is 563. The molecule has 1 aromatic carbocycles. The molecule has 0 bridgehead atoms. The molecule has 0 atom stereocenters. The lowest BCUT2D eigenvalue weighted by Gasteiger charge is -2.06. The Morgan fingerprint density at radius 2 is 2.18 bits per heavy atom. The molecule has 1 N–H and O–H groups in total. The fourth-order valence-electron chi connectivity index (χ4n) is 1.37. The maximum atomic E-state index is 10.8. The Morgan fingerprint density at radius 1 is 1.41 bits per heavy atom. The fraction of sp³-hybridized carbons (Fsp3) is 0.167. The summed E-state index contributed by atoms with van der Waals surface area (Å²) in [4.78, 5) is 15.0. The van der Waals surface area contributed by atoms with Crippen LogP contribution in [0.2, 0.25) is 0 Å². The summed E-state index contributed by atoms with van der Waals surface area (Å²) in [5, 5.41) is 11.3. The molecule has 1 aromatic heterocycles. The number of thiazole rings is 1. The zero-order chi connectivity index (χ0) is 12.4. The quantitative estimate of drug-likeness (QED) is 0.907. The van der Waals surface area contributed by atoms with Crippen molar-refractivity contribution in [1.82, 2.24) is 4.98 Å². The standard InChI is InChI=1S/C12H11NO3S/c1-7-5-9(11(14)15)3-4-10(7)16-12-13-8(2)6-17-12/h3-6H,1-2H3,(H,14,15). The summed E-state index contributed by atoms with van der Waals surface area (Å²) in [6, 6.07) is 4.75. The van der Waals surface area contributed by atoms with Crippen molar-refractivity contribution in [2.75, 3.05) is 0 Å². The van der Waals surface area contributed by atoms with E-state index in [4.69, 9.17) is 9.84 Å². The topological polar surface area (TPSA) is 59.4 Å². The average molecular weight is 249 g/mol. The van der Waals surface area contributed by atoms with Gasteiger partial charge in [0.25, 0.3) is 5.19 Å². The molecule has 0 radical (unpaired) electrons. The van der Waals surface area contributed by atoms with E-state index in [1.54, 1.807) is 12.1 Å². The summed E-state index contributed by atoms with van der Waals surface area (Å²) in [5.74, 6) is -0.311. The van der Waals surface area contributed by atoms with Crippen LogP contribution >= 0.6 is 11.3 Å². The molecule has 17 heavy (non-hydrogen) atoms. The minimum atomic E-state index is -0.940. The van der Waals surface area contributed by atoms with Crippen molar-refractivity contribution in [3.63, 3.8) is 0 Å². The summed E-state index contributed by atoms with van der Waals surface area (Å²) in [5.41, 5.74) is 1.94. The van der Waals surface area contributed by atoms with Crippen LogP contribution in [0.3, 0.4) is 0 Å². The van der Waals surface area contributed by atoms with Gasteiger partial charge in [-0.15, -0.1) is 0 Å². The maximum Gasteiger partial charge on any atom is 0.335 e. The molecule has 0 fully saturated rings. The number of ether oxygens (including phenoxy) is 1. The van der Waals surface area contributed by atoms with E-state index < -0.39 is 5.97 Å². The third-order valence-corrected chi connectivity index (χ3v) is 3.05. The Balaban J connectivity index is 2.25. The summed E-state index contributed by atoms with van der Waals surface area (Å²) in [7, 11) is 0. The van der Waals surface area contributed by atoms with Gasteiger partial charge in [0.2, 0.25) is 0 Å². The van der Waals surface area contributed by atoms with Crippen LogP contribution in [-0.4, -0.2) is 16.1 Å². The van der Waals surface area contributed by atoms with Crippen molar-refractivity contribution in [3.8, 4) is 10.9 Å². The van der Waals surface area contributed by atoms with Crippen LogP contribution < -0.4 is 4.74 Å². The highest BCUT2D eigenvalue weighted by Gasteiger charge is 2.08. The van der Waals surface area contributed by atoms with Gasteiger partial charge in [0.05, 0.1) is 11.3 Å². The molecule has 0 saturated heterocycles. The van der Waals surface area contributed by atoms with Crippen LogP contribution in [0.4, 0.5) is 0 Å². The molecule has 1 heterocycles. The normalized spacial score (nSPS) is 10.2. The maximum absolute atomic E-state index is 10.8. The highest BCUT2D eigenvalue weighted by molar-refractivity contribution is 7.11.